The zero-order valence-corrected chi connectivity index (χ0v) is 18.1. The molecule has 1 amide bonds. The summed E-state index contributed by atoms with van der Waals surface area (Å²) in [6.45, 7) is 1.13. The Labute approximate surface area is 183 Å². The molecule has 1 aromatic heterocycles. The Kier molecular flexibility index (Phi) is 7.94. The summed E-state index contributed by atoms with van der Waals surface area (Å²) in [5, 5.41) is 12.7. The molecule has 0 unspecified atom stereocenters. The highest BCUT2D eigenvalue weighted by Gasteiger charge is 2.15. The Morgan fingerprint density at radius 2 is 1.93 bits per heavy atom. The van der Waals surface area contributed by atoms with Gasteiger partial charge in [-0.05, 0) is 17.7 Å². The topological polar surface area (TPSA) is 69.0 Å². The van der Waals surface area contributed by atoms with Gasteiger partial charge in [0.1, 0.15) is 5.82 Å². The highest BCUT2D eigenvalue weighted by molar-refractivity contribution is 7.99. The molecule has 0 atom stereocenters. The highest BCUT2D eigenvalue weighted by atomic mass is 35.5. The molecule has 3 aromatic rings. The van der Waals surface area contributed by atoms with Crippen LogP contribution in [0.3, 0.4) is 0 Å². The summed E-state index contributed by atoms with van der Waals surface area (Å²) in [6, 6.07) is 15.2. The van der Waals surface area contributed by atoms with Gasteiger partial charge in [0.2, 0.25) is 5.91 Å². The van der Waals surface area contributed by atoms with Crippen molar-refractivity contribution in [3.8, 4) is 0 Å². The minimum atomic E-state index is -0.204. The molecule has 0 aliphatic rings. The zero-order chi connectivity index (χ0) is 20.6. The number of nitrogens with zero attached hydrogens (tertiary/aromatic N) is 3. The van der Waals surface area contributed by atoms with E-state index >= 15 is 0 Å². The van der Waals surface area contributed by atoms with Crippen LogP contribution in [0.25, 0.3) is 0 Å². The molecule has 9 heteroatoms. The molecule has 152 valence electrons. The summed E-state index contributed by atoms with van der Waals surface area (Å²) >= 11 is 13.4. The first kappa shape index (κ1) is 21.6. The summed E-state index contributed by atoms with van der Waals surface area (Å²) in [6.07, 6.45) is 0.655. The maximum absolute atomic E-state index is 12.4. The Morgan fingerprint density at radius 3 is 2.69 bits per heavy atom. The largest absolute Gasteiger partial charge is 0.383 e. The summed E-state index contributed by atoms with van der Waals surface area (Å²) in [5.74, 6) is 0.790. The van der Waals surface area contributed by atoms with E-state index in [1.54, 1.807) is 25.3 Å². The van der Waals surface area contributed by atoms with Crippen LogP contribution in [-0.2, 0) is 22.5 Å². The molecule has 1 N–H and O–H groups in total. The molecule has 1 heterocycles. The molecule has 0 aliphatic carbocycles. The van der Waals surface area contributed by atoms with Crippen LogP contribution in [0.15, 0.2) is 53.7 Å². The van der Waals surface area contributed by atoms with Crippen LogP contribution in [0.1, 0.15) is 11.4 Å². The van der Waals surface area contributed by atoms with Gasteiger partial charge in [-0.25, -0.2) is 0 Å². The Bertz CT molecular complexity index is 966. The van der Waals surface area contributed by atoms with E-state index in [9.17, 15) is 4.79 Å². The second-order valence-electron chi connectivity index (χ2n) is 6.14. The van der Waals surface area contributed by atoms with Gasteiger partial charge in [-0.15, -0.1) is 10.2 Å². The number of hydrogen-bond donors (Lipinski definition) is 1. The predicted octanol–water partition coefficient (Wildman–Crippen LogP) is 4.55. The van der Waals surface area contributed by atoms with Gasteiger partial charge in [0.05, 0.1) is 28.1 Å². The SMILES string of the molecule is COCCn1c(Cc2ccccc2)nnc1SCC(=O)Nc1cccc(Cl)c1Cl. The number of thioether (sulfide) groups is 1. The van der Waals surface area contributed by atoms with E-state index in [0.717, 1.165) is 11.4 Å². The summed E-state index contributed by atoms with van der Waals surface area (Å²) < 4.78 is 7.20. The van der Waals surface area contributed by atoms with E-state index in [2.05, 4.69) is 15.5 Å². The van der Waals surface area contributed by atoms with Crippen molar-refractivity contribution in [2.45, 2.75) is 18.1 Å². The zero-order valence-electron chi connectivity index (χ0n) is 15.8. The van der Waals surface area contributed by atoms with E-state index in [-0.39, 0.29) is 11.7 Å². The van der Waals surface area contributed by atoms with Gasteiger partial charge >= 0.3 is 0 Å². The fourth-order valence-corrected chi connectivity index (χ4v) is 3.79. The summed E-state index contributed by atoms with van der Waals surface area (Å²) in [7, 11) is 1.65. The van der Waals surface area contributed by atoms with E-state index in [4.69, 9.17) is 27.9 Å². The molecule has 0 saturated carbocycles. The number of amides is 1. The van der Waals surface area contributed by atoms with E-state index in [0.29, 0.717) is 40.5 Å². The van der Waals surface area contributed by atoms with E-state index in [1.807, 2.05) is 34.9 Å². The van der Waals surface area contributed by atoms with Gasteiger partial charge in [0.25, 0.3) is 0 Å². The molecular formula is C20H20Cl2N4O2S. The van der Waals surface area contributed by atoms with Gasteiger partial charge in [-0.1, -0.05) is 71.4 Å². The van der Waals surface area contributed by atoms with Crippen LogP contribution in [0.5, 0.6) is 0 Å². The number of carbonyl (C=O) groups excluding carboxylic acids is 1. The lowest BCUT2D eigenvalue weighted by molar-refractivity contribution is -0.113. The fourth-order valence-electron chi connectivity index (χ4n) is 2.66. The first-order valence-electron chi connectivity index (χ1n) is 8.90. The van der Waals surface area contributed by atoms with Crippen molar-refractivity contribution in [3.63, 3.8) is 0 Å². The third-order valence-corrected chi connectivity index (χ3v) is 5.86. The Balaban J connectivity index is 1.67. The van der Waals surface area contributed by atoms with Crippen molar-refractivity contribution in [1.82, 2.24) is 14.8 Å². The summed E-state index contributed by atoms with van der Waals surface area (Å²) in [5.41, 5.74) is 1.62. The van der Waals surface area contributed by atoms with Crippen LogP contribution in [0, 0.1) is 0 Å². The number of hydrogen-bond acceptors (Lipinski definition) is 5. The first-order chi connectivity index (χ1) is 14.1. The number of methoxy groups -OCH3 is 1. The van der Waals surface area contributed by atoms with Crippen LogP contribution in [0.2, 0.25) is 10.0 Å². The molecule has 2 aromatic carbocycles. The first-order valence-corrected chi connectivity index (χ1v) is 10.6. The van der Waals surface area contributed by atoms with Crippen molar-refractivity contribution in [2.24, 2.45) is 0 Å². The van der Waals surface area contributed by atoms with Crippen LogP contribution >= 0.6 is 35.0 Å². The maximum Gasteiger partial charge on any atom is 0.234 e. The number of rotatable bonds is 9. The molecule has 3 rings (SSSR count). The molecule has 6 nitrogen and oxygen atoms in total. The third kappa shape index (κ3) is 5.96. The number of benzene rings is 2. The molecule has 0 aliphatic heterocycles. The lowest BCUT2D eigenvalue weighted by Crippen LogP contribution is -2.16. The van der Waals surface area contributed by atoms with E-state index in [1.165, 1.54) is 11.8 Å². The van der Waals surface area contributed by atoms with Crippen molar-refractivity contribution in [3.05, 3.63) is 70.0 Å². The fraction of sp³-hybridized carbons (Fsp3) is 0.250. The predicted molar refractivity (Wildman–Crippen MR) is 117 cm³/mol. The van der Waals surface area contributed by atoms with Crippen LogP contribution in [0.4, 0.5) is 5.69 Å². The number of anilines is 1. The normalized spacial score (nSPS) is 10.9. The average molecular weight is 451 g/mol. The van der Waals surface area contributed by atoms with Crippen molar-refractivity contribution in [1.29, 1.82) is 0 Å². The van der Waals surface area contributed by atoms with Gasteiger partial charge in [-0.2, -0.15) is 0 Å². The third-order valence-electron chi connectivity index (χ3n) is 4.08. The molecule has 29 heavy (non-hydrogen) atoms. The minimum absolute atomic E-state index is 0.166. The van der Waals surface area contributed by atoms with Crippen LogP contribution in [-0.4, -0.2) is 40.1 Å². The highest BCUT2D eigenvalue weighted by Crippen LogP contribution is 2.29. The maximum atomic E-state index is 12.4. The standard InChI is InChI=1S/C20H20Cl2N4O2S/c1-28-11-10-26-17(12-14-6-3-2-4-7-14)24-25-20(26)29-13-18(27)23-16-9-5-8-15(21)19(16)22/h2-9H,10-13H2,1H3,(H,23,27). The van der Waals surface area contributed by atoms with Gasteiger partial charge < -0.3 is 14.6 Å². The number of halogens is 2. The molecular weight excluding hydrogens is 431 g/mol. The second kappa shape index (κ2) is 10.6. The minimum Gasteiger partial charge on any atom is -0.383 e. The number of nitrogens with one attached hydrogen (secondary N) is 1. The number of ether oxygens (including phenoxy) is 1. The van der Waals surface area contributed by atoms with E-state index < -0.39 is 0 Å². The molecule has 0 bridgehead atoms. The average Bonchev–Trinajstić information content (AvgIpc) is 3.10. The Hall–Kier alpha value is -2.06. The molecule has 0 radical (unpaired) electrons. The van der Waals surface area contributed by atoms with Crippen LogP contribution < -0.4 is 5.32 Å². The lowest BCUT2D eigenvalue weighted by atomic mass is 10.1. The van der Waals surface area contributed by atoms with Crippen molar-refractivity contribution >= 4 is 46.6 Å². The van der Waals surface area contributed by atoms with Gasteiger partial charge in [0.15, 0.2) is 5.16 Å². The quantitative estimate of drug-likeness (QED) is 0.484. The van der Waals surface area contributed by atoms with Gasteiger partial charge in [0, 0.05) is 20.1 Å². The monoisotopic (exact) mass is 450 g/mol. The van der Waals surface area contributed by atoms with Gasteiger partial charge in [-0.3, -0.25) is 4.79 Å². The molecule has 0 fully saturated rings. The molecule has 0 spiro atoms. The smallest absolute Gasteiger partial charge is 0.234 e. The Morgan fingerprint density at radius 1 is 1.14 bits per heavy atom. The number of aromatic nitrogens is 3. The lowest BCUT2D eigenvalue weighted by Gasteiger charge is -2.10. The second-order valence-corrected chi connectivity index (χ2v) is 7.87. The van der Waals surface area contributed by atoms with Crippen molar-refractivity contribution in [2.75, 3.05) is 24.8 Å². The number of carbonyl (C=O) groups is 1. The molecule has 0 saturated heterocycles. The summed E-state index contributed by atoms with van der Waals surface area (Å²) in [4.78, 5) is 12.4. The van der Waals surface area contributed by atoms with Crippen molar-refractivity contribution < 1.29 is 9.53 Å².